The third-order valence-corrected chi connectivity index (χ3v) is 5.82. The monoisotopic (exact) mass is 328 g/mol. The average molecular weight is 329 g/mol. The van der Waals surface area contributed by atoms with Crippen molar-refractivity contribution in [3.63, 3.8) is 0 Å². The molecule has 0 saturated carbocycles. The van der Waals surface area contributed by atoms with E-state index in [4.69, 9.17) is 4.74 Å². The van der Waals surface area contributed by atoms with Gasteiger partial charge < -0.3 is 4.74 Å². The highest BCUT2D eigenvalue weighted by atomic mass is 79.9. The predicted octanol–water partition coefficient (Wildman–Crippen LogP) is 4.76. The van der Waals surface area contributed by atoms with Crippen molar-refractivity contribution in [1.82, 2.24) is 0 Å². The molecule has 1 atom stereocenters. The Kier molecular flexibility index (Phi) is 5.43. The number of benzene rings is 1. The zero-order valence-corrected chi connectivity index (χ0v) is 13.6. The Labute approximate surface area is 123 Å². The zero-order chi connectivity index (χ0) is 13.0. The van der Waals surface area contributed by atoms with E-state index in [9.17, 15) is 0 Å². The van der Waals surface area contributed by atoms with E-state index in [-0.39, 0.29) is 0 Å². The fourth-order valence-corrected chi connectivity index (χ4v) is 4.62. The lowest BCUT2D eigenvalue weighted by atomic mass is 9.95. The summed E-state index contributed by atoms with van der Waals surface area (Å²) in [6, 6.07) is 4.65. The molecule has 1 aliphatic rings. The SMILES string of the molecule is CCCc1cc2c(c(OC)c1)C(CBr)SCCC2. The van der Waals surface area contributed by atoms with Crippen LogP contribution in [0.2, 0.25) is 0 Å². The number of methoxy groups -OCH3 is 1. The van der Waals surface area contributed by atoms with Gasteiger partial charge in [-0.3, -0.25) is 0 Å². The summed E-state index contributed by atoms with van der Waals surface area (Å²) < 4.78 is 5.65. The number of ether oxygens (including phenoxy) is 1. The van der Waals surface area contributed by atoms with E-state index in [0.29, 0.717) is 5.25 Å². The third kappa shape index (κ3) is 3.05. The highest BCUT2D eigenvalue weighted by Gasteiger charge is 2.23. The molecule has 1 unspecified atom stereocenters. The number of fused-ring (bicyclic) bond motifs is 1. The maximum absolute atomic E-state index is 5.65. The van der Waals surface area contributed by atoms with Gasteiger partial charge in [0.15, 0.2) is 0 Å². The average Bonchev–Trinajstić information content (AvgIpc) is 2.60. The first kappa shape index (κ1) is 14.3. The van der Waals surface area contributed by atoms with Crippen LogP contribution in [0.15, 0.2) is 12.1 Å². The molecule has 0 amide bonds. The molecule has 0 spiro atoms. The number of hydrogen-bond acceptors (Lipinski definition) is 2. The molecule has 1 nitrogen and oxygen atoms in total. The lowest BCUT2D eigenvalue weighted by molar-refractivity contribution is 0.408. The molecule has 0 aliphatic carbocycles. The molecule has 3 heteroatoms. The van der Waals surface area contributed by atoms with Crippen molar-refractivity contribution in [3.8, 4) is 5.75 Å². The summed E-state index contributed by atoms with van der Waals surface area (Å²) in [7, 11) is 1.80. The van der Waals surface area contributed by atoms with Gasteiger partial charge in [-0.25, -0.2) is 0 Å². The second-order valence-corrected chi connectivity index (χ2v) is 6.70. The lowest BCUT2D eigenvalue weighted by Crippen LogP contribution is -2.04. The summed E-state index contributed by atoms with van der Waals surface area (Å²) >= 11 is 5.70. The van der Waals surface area contributed by atoms with Gasteiger partial charge in [-0.15, -0.1) is 0 Å². The standard InChI is InChI=1S/C15H21BrOS/c1-3-5-11-8-12-6-4-7-18-14(10-16)15(12)13(9-11)17-2/h8-9,14H,3-7,10H2,1-2H3. The molecule has 0 radical (unpaired) electrons. The summed E-state index contributed by atoms with van der Waals surface area (Å²) in [5, 5.41) is 1.54. The van der Waals surface area contributed by atoms with Crippen molar-refractivity contribution >= 4 is 27.7 Å². The first-order valence-corrected chi connectivity index (χ1v) is 8.84. The maximum Gasteiger partial charge on any atom is 0.123 e. The van der Waals surface area contributed by atoms with Crippen LogP contribution in [0.4, 0.5) is 0 Å². The number of aryl methyl sites for hydroxylation is 2. The fraction of sp³-hybridized carbons (Fsp3) is 0.600. The number of alkyl halides is 1. The van der Waals surface area contributed by atoms with Crippen molar-refractivity contribution in [3.05, 3.63) is 28.8 Å². The van der Waals surface area contributed by atoms with Crippen LogP contribution < -0.4 is 4.74 Å². The molecule has 0 saturated heterocycles. The molecule has 0 N–H and O–H groups in total. The van der Waals surface area contributed by atoms with Crippen LogP contribution >= 0.6 is 27.7 Å². The summed E-state index contributed by atoms with van der Waals surface area (Å²) in [6.45, 7) is 2.23. The highest BCUT2D eigenvalue weighted by molar-refractivity contribution is 9.09. The molecular formula is C15H21BrOS. The summed E-state index contributed by atoms with van der Waals surface area (Å²) in [4.78, 5) is 0. The van der Waals surface area contributed by atoms with Crippen LogP contribution in [0, 0.1) is 0 Å². The van der Waals surface area contributed by atoms with E-state index < -0.39 is 0 Å². The van der Waals surface area contributed by atoms with E-state index in [2.05, 4.69) is 35.0 Å². The van der Waals surface area contributed by atoms with Gasteiger partial charge in [0, 0.05) is 16.1 Å². The molecule has 0 aromatic heterocycles. The molecular weight excluding hydrogens is 308 g/mol. The van der Waals surface area contributed by atoms with Crippen molar-refractivity contribution < 1.29 is 4.74 Å². The van der Waals surface area contributed by atoms with Gasteiger partial charge in [0.1, 0.15) is 5.75 Å². The second kappa shape index (κ2) is 6.85. The molecule has 0 bridgehead atoms. The molecule has 2 rings (SSSR count). The van der Waals surface area contributed by atoms with Crippen molar-refractivity contribution in [1.29, 1.82) is 0 Å². The van der Waals surface area contributed by atoms with Crippen LogP contribution in [0.1, 0.15) is 41.7 Å². The van der Waals surface area contributed by atoms with Crippen LogP contribution in [0.3, 0.4) is 0 Å². The molecule has 1 heterocycles. The van der Waals surface area contributed by atoms with Crippen molar-refractivity contribution in [2.45, 2.75) is 37.9 Å². The van der Waals surface area contributed by atoms with Crippen molar-refractivity contribution in [2.75, 3.05) is 18.2 Å². The van der Waals surface area contributed by atoms with E-state index in [0.717, 1.165) is 17.5 Å². The van der Waals surface area contributed by atoms with Gasteiger partial charge in [-0.2, -0.15) is 11.8 Å². The highest BCUT2D eigenvalue weighted by Crippen LogP contribution is 2.42. The lowest BCUT2D eigenvalue weighted by Gasteiger charge is -2.19. The number of hydrogen-bond donors (Lipinski definition) is 0. The molecule has 1 aromatic carbocycles. The van der Waals surface area contributed by atoms with E-state index in [1.54, 1.807) is 7.11 Å². The number of rotatable bonds is 4. The quantitative estimate of drug-likeness (QED) is 0.737. The number of thioether (sulfide) groups is 1. The molecule has 1 aliphatic heterocycles. The first-order chi connectivity index (χ1) is 8.80. The Morgan fingerprint density at radius 2 is 2.28 bits per heavy atom. The number of halogens is 1. The van der Waals surface area contributed by atoms with E-state index in [1.165, 1.54) is 41.7 Å². The Hall–Kier alpha value is -0.150. The zero-order valence-electron chi connectivity index (χ0n) is 11.2. The molecule has 18 heavy (non-hydrogen) atoms. The Bertz CT molecular complexity index is 406. The smallest absolute Gasteiger partial charge is 0.123 e. The predicted molar refractivity (Wildman–Crippen MR) is 84.3 cm³/mol. The third-order valence-electron chi connectivity index (χ3n) is 3.42. The molecule has 0 fully saturated rings. The summed E-state index contributed by atoms with van der Waals surface area (Å²) in [6.07, 6.45) is 4.81. The largest absolute Gasteiger partial charge is 0.496 e. The maximum atomic E-state index is 5.65. The second-order valence-electron chi connectivity index (χ2n) is 4.74. The minimum absolute atomic E-state index is 0.535. The Morgan fingerprint density at radius 3 is 2.94 bits per heavy atom. The Balaban J connectivity index is 2.46. The summed E-state index contributed by atoms with van der Waals surface area (Å²) in [5.41, 5.74) is 4.36. The topological polar surface area (TPSA) is 9.23 Å². The minimum atomic E-state index is 0.535. The van der Waals surface area contributed by atoms with Crippen LogP contribution in [0.25, 0.3) is 0 Å². The normalized spacial score (nSPS) is 19.2. The molecule has 100 valence electrons. The van der Waals surface area contributed by atoms with Gasteiger partial charge in [0.25, 0.3) is 0 Å². The van der Waals surface area contributed by atoms with Crippen LogP contribution in [-0.2, 0) is 12.8 Å². The van der Waals surface area contributed by atoms with E-state index in [1.807, 2.05) is 11.8 Å². The van der Waals surface area contributed by atoms with Gasteiger partial charge in [0.2, 0.25) is 0 Å². The van der Waals surface area contributed by atoms with Gasteiger partial charge >= 0.3 is 0 Å². The summed E-state index contributed by atoms with van der Waals surface area (Å²) in [5.74, 6) is 2.34. The van der Waals surface area contributed by atoms with Gasteiger partial charge in [-0.1, -0.05) is 35.3 Å². The fourth-order valence-electron chi connectivity index (χ4n) is 2.62. The first-order valence-electron chi connectivity index (χ1n) is 6.67. The van der Waals surface area contributed by atoms with Gasteiger partial charge in [-0.05, 0) is 42.2 Å². The van der Waals surface area contributed by atoms with E-state index >= 15 is 0 Å². The minimum Gasteiger partial charge on any atom is -0.496 e. The van der Waals surface area contributed by atoms with Crippen LogP contribution in [-0.4, -0.2) is 18.2 Å². The Morgan fingerprint density at radius 1 is 1.44 bits per heavy atom. The van der Waals surface area contributed by atoms with Crippen LogP contribution in [0.5, 0.6) is 5.75 Å². The van der Waals surface area contributed by atoms with Gasteiger partial charge in [0.05, 0.1) is 7.11 Å². The van der Waals surface area contributed by atoms with Crippen molar-refractivity contribution in [2.24, 2.45) is 0 Å². The molecule has 1 aromatic rings.